The van der Waals surface area contributed by atoms with Crippen LogP contribution < -0.4 is 14.8 Å². The maximum absolute atomic E-state index is 5.71. The van der Waals surface area contributed by atoms with Crippen LogP contribution in [0.15, 0.2) is 24.3 Å². The molecule has 0 bridgehead atoms. The number of rotatable bonds is 2. The minimum Gasteiger partial charge on any atom is -0.490 e. The SMILES string of the molecule is CNc1nc(C)cc(-c2ccc3c(c2)OCCCO3)n1. The first-order valence-corrected chi connectivity index (χ1v) is 6.70. The highest BCUT2D eigenvalue weighted by atomic mass is 16.5. The number of fused-ring (bicyclic) bond motifs is 1. The van der Waals surface area contributed by atoms with Crippen LogP contribution >= 0.6 is 0 Å². The monoisotopic (exact) mass is 271 g/mol. The van der Waals surface area contributed by atoms with Gasteiger partial charge in [0.2, 0.25) is 5.95 Å². The van der Waals surface area contributed by atoms with Crippen LogP contribution in [0.1, 0.15) is 12.1 Å². The maximum Gasteiger partial charge on any atom is 0.223 e. The molecule has 0 radical (unpaired) electrons. The molecule has 0 aliphatic carbocycles. The Morgan fingerprint density at radius 1 is 1.05 bits per heavy atom. The predicted molar refractivity (Wildman–Crippen MR) is 77.4 cm³/mol. The van der Waals surface area contributed by atoms with E-state index in [0.29, 0.717) is 19.2 Å². The molecule has 2 aromatic rings. The van der Waals surface area contributed by atoms with Crippen LogP contribution in [0.2, 0.25) is 0 Å². The smallest absolute Gasteiger partial charge is 0.223 e. The minimum absolute atomic E-state index is 0.618. The lowest BCUT2D eigenvalue weighted by atomic mass is 10.1. The van der Waals surface area contributed by atoms with Gasteiger partial charge in [0, 0.05) is 24.7 Å². The molecule has 0 spiro atoms. The van der Waals surface area contributed by atoms with Crippen LogP contribution in [0.5, 0.6) is 11.5 Å². The Morgan fingerprint density at radius 3 is 2.65 bits per heavy atom. The number of hydrogen-bond acceptors (Lipinski definition) is 5. The van der Waals surface area contributed by atoms with Gasteiger partial charge in [-0.1, -0.05) is 0 Å². The molecule has 20 heavy (non-hydrogen) atoms. The lowest BCUT2D eigenvalue weighted by molar-refractivity contribution is 0.297. The highest BCUT2D eigenvalue weighted by Crippen LogP contribution is 2.33. The van der Waals surface area contributed by atoms with E-state index < -0.39 is 0 Å². The summed E-state index contributed by atoms with van der Waals surface area (Å²) in [6.07, 6.45) is 0.903. The Morgan fingerprint density at radius 2 is 1.85 bits per heavy atom. The van der Waals surface area contributed by atoms with Crippen molar-refractivity contribution >= 4 is 5.95 Å². The van der Waals surface area contributed by atoms with Crippen LogP contribution in [-0.2, 0) is 0 Å². The van der Waals surface area contributed by atoms with Crippen molar-refractivity contribution in [3.05, 3.63) is 30.0 Å². The van der Waals surface area contributed by atoms with Gasteiger partial charge < -0.3 is 14.8 Å². The van der Waals surface area contributed by atoms with Gasteiger partial charge in [-0.15, -0.1) is 0 Å². The van der Waals surface area contributed by atoms with E-state index in [2.05, 4.69) is 15.3 Å². The molecule has 3 rings (SSSR count). The second-order valence-electron chi connectivity index (χ2n) is 4.68. The van der Waals surface area contributed by atoms with Gasteiger partial charge in [0.15, 0.2) is 11.5 Å². The van der Waals surface area contributed by atoms with Gasteiger partial charge >= 0.3 is 0 Å². The lowest BCUT2D eigenvalue weighted by Crippen LogP contribution is -1.99. The van der Waals surface area contributed by atoms with Crippen molar-refractivity contribution in [1.29, 1.82) is 0 Å². The molecule has 0 amide bonds. The predicted octanol–water partition coefficient (Wildman–Crippen LogP) is 2.66. The maximum atomic E-state index is 5.71. The molecule has 1 aromatic carbocycles. The van der Waals surface area contributed by atoms with Crippen molar-refractivity contribution in [3.63, 3.8) is 0 Å². The molecule has 2 heterocycles. The highest BCUT2D eigenvalue weighted by Gasteiger charge is 2.12. The van der Waals surface area contributed by atoms with Crippen molar-refractivity contribution in [2.24, 2.45) is 0 Å². The molecule has 1 N–H and O–H groups in total. The number of hydrogen-bond donors (Lipinski definition) is 1. The second-order valence-corrected chi connectivity index (χ2v) is 4.68. The molecule has 104 valence electrons. The Kier molecular flexibility index (Phi) is 3.41. The molecular formula is C15H17N3O2. The average molecular weight is 271 g/mol. The van der Waals surface area contributed by atoms with Gasteiger partial charge in [-0.05, 0) is 31.2 Å². The third-order valence-electron chi connectivity index (χ3n) is 3.12. The Bertz CT molecular complexity index is 629. The molecule has 5 heteroatoms. The fraction of sp³-hybridized carbons (Fsp3) is 0.333. The van der Waals surface area contributed by atoms with Crippen molar-refractivity contribution in [3.8, 4) is 22.8 Å². The summed E-state index contributed by atoms with van der Waals surface area (Å²) in [4.78, 5) is 8.78. The molecule has 0 unspecified atom stereocenters. The summed E-state index contributed by atoms with van der Waals surface area (Å²) in [7, 11) is 1.81. The van der Waals surface area contributed by atoms with E-state index in [1.54, 1.807) is 0 Å². The topological polar surface area (TPSA) is 56.3 Å². The fourth-order valence-corrected chi connectivity index (χ4v) is 2.15. The minimum atomic E-state index is 0.618. The zero-order valence-electron chi connectivity index (χ0n) is 11.6. The molecule has 1 aromatic heterocycles. The van der Waals surface area contributed by atoms with E-state index in [4.69, 9.17) is 9.47 Å². The molecule has 0 fully saturated rings. The van der Waals surface area contributed by atoms with Crippen molar-refractivity contribution in [2.45, 2.75) is 13.3 Å². The van der Waals surface area contributed by atoms with Crippen LogP contribution in [0, 0.1) is 6.92 Å². The summed E-state index contributed by atoms with van der Waals surface area (Å²) >= 11 is 0. The average Bonchev–Trinajstić information content (AvgIpc) is 2.70. The lowest BCUT2D eigenvalue weighted by Gasteiger charge is -2.10. The molecule has 1 aliphatic rings. The van der Waals surface area contributed by atoms with E-state index in [9.17, 15) is 0 Å². The summed E-state index contributed by atoms with van der Waals surface area (Å²) in [5.74, 6) is 2.19. The van der Waals surface area contributed by atoms with Crippen molar-refractivity contribution < 1.29 is 9.47 Å². The van der Waals surface area contributed by atoms with E-state index in [1.165, 1.54) is 0 Å². The van der Waals surface area contributed by atoms with Gasteiger partial charge in [0.05, 0.1) is 18.9 Å². The number of benzene rings is 1. The van der Waals surface area contributed by atoms with E-state index >= 15 is 0 Å². The first-order valence-electron chi connectivity index (χ1n) is 6.70. The summed E-state index contributed by atoms with van der Waals surface area (Å²) in [6, 6.07) is 7.86. The summed E-state index contributed by atoms with van der Waals surface area (Å²) < 4.78 is 11.4. The molecule has 0 saturated heterocycles. The van der Waals surface area contributed by atoms with Gasteiger partial charge in [0.1, 0.15) is 0 Å². The van der Waals surface area contributed by atoms with Gasteiger partial charge in [0.25, 0.3) is 0 Å². The number of nitrogens with one attached hydrogen (secondary N) is 1. The van der Waals surface area contributed by atoms with Crippen LogP contribution in [0.25, 0.3) is 11.3 Å². The summed E-state index contributed by atoms with van der Waals surface area (Å²) in [5.41, 5.74) is 2.79. The standard InChI is InChI=1S/C15H17N3O2/c1-10-8-12(18-15(16-2)17-10)11-4-5-13-14(9-11)20-7-3-6-19-13/h4-5,8-9H,3,6-7H2,1-2H3,(H,16,17,18). The molecule has 0 saturated carbocycles. The third kappa shape index (κ3) is 2.52. The van der Waals surface area contributed by atoms with Gasteiger partial charge in [-0.25, -0.2) is 9.97 Å². The summed E-state index contributed by atoms with van der Waals surface area (Å²) in [6.45, 7) is 3.33. The Labute approximate surface area is 118 Å². The largest absolute Gasteiger partial charge is 0.490 e. The zero-order chi connectivity index (χ0) is 13.9. The second kappa shape index (κ2) is 5.36. The molecule has 5 nitrogen and oxygen atoms in total. The Hall–Kier alpha value is -2.30. The van der Waals surface area contributed by atoms with Crippen molar-refractivity contribution in [2.75, 3.05) is 25.6 Å². The quantitative estimate of drug-likeness (QED) is 0.910. The summed E-state index contributed by atoms with van der Waals surface area (Å²) in [5, 5.41) is 2.97. The number of aromatic nitrogens is 2. The zero-order valence-corrected chi connectivity index (χ0v) is 11.6. The van der Waals surface area contributed by atoms with Crippen molar-refractivity contribution in [1.82, 2.24) is 9.97 Å². The molecule has 0 atom stereocenters. The van der Waals surface area contributed by atoms with Crippen LogP contribution in [-0.4, -0.2) is 30.2 Å². The van der Waals surface area contributed by atoms with Crippen LogP contribution in [0.4, 0.5) is 5.95 Å². The van der Waals surface area contributed by atoms with E-state index in [1.807, 2.05) is 38.2 Å². The first-order chi connectivity index (χ1) is 9.76. The number of nitrogens with zero attached hydrogens (tertiary/aromatic N) is 2. The third-order valence-corrected chi connectivity index (χ3v) is 3.12. The number of anilines is 1. The highest BCUT2D eigenvalue weighted by molar-refractivity contribution is 5.65. The molecule has 1 aliphatic heterocycles. The number of ether oxygens (including phenoxy) is 2. The first kappa shape index (κ1) is 12.7. The van der Waals surface area contributed by atoms with E-state index in [0.717, 1.165) is 34.9 Å². The van der Waals surface area contributed by atoms with Crippen LogP contribution in [0.3, 0.4) is 0 Å². The normalized spacial score (nSPS) is 13.7. The molecular weight excluding hydrogens is 254 g/mol. The fourth-order valence-electron chi connectivity index (χ4n) is 2.15. The number of aryl methyl sites for hydroxylation is 1. The van der Waals surface area contributed by atoms with Gasteiger partial charge in [-0.2, -0.15) is 0 Å². The van der Waals surface area contributed by atoms with E-state index in [-0.39, 0.29) is 0 Å². The Balaban J connectivity index is 2.02. The van der Waals surface area contributed by atoms with Gasteiger partial charge in [-0.3, -0.25) is 0 Å².